The van der Waals surface area contributed by atoms with E-state index >= 15 is 0 Å². The normalized spacial score (nSPS) is 11.2. The van der Waals surface area contributed by atoms with Crippen LogP contribution in [0.3, 0.4) is 0 Å². The Morgan fingerprint density at radius 2 is 1.92 bits per heavy atom. The molecular formula is C20H21ClO4. The molecule has 0 atom stereocenters. The van der Waals surface area contributed by atoms with Gasteiger partial charge in [-0.15, -0.1) is 0 Å². The van der Waals surface area contributed by atoms with Gasteiger partial charge in [-0.25, -0.2) is 4.79 Å². The van der Waals surface area contributed by atoms with Gasteiger partial charge in [0, 0.05) is 10.6 Å². The largest absolute Gasteiger partial charge is 0.497 e. The Morgan fingerprint density at radius 1 is 1.20 bits per heavy atom. The fraction of sp³-hybridized carbons (Fsp3) is 0.250. The number of carboxylic acids is 1. The summed E-state index contributed by atoms with van der Waals surface area (Å²) in [5.74, 6) is 0.259. The van der Waals surface area contributed by atoms with Crippen LogP contribution in [0.15, 0.2) is 42.5 Å². The zero-order chi connectivity index (χ0) is 18.2. The van der Waals surface area contributed by atoms with Crippen molar-refractivity contribution < 1.29 is 19.4 Å². The number of benzene rings is 2. The third-order valence-electron chi connectivity index (χ3n) is 3.66. The van der Waals surface area contributed by atoms with E-state index in [2.05, 4.69) is 6.92 Å². The van der Waals surface area contributed by atoms with Gasteiger partial charge in [-0.1, -0.05) is 37.1 Å². The highest BCUT2D eigenvalue weighted by Crippen LogP contribution is 2.29. The number of hydrogen-bond acceptors (Lipinski definition) is 3. The number of carboxylic acid groups (broad SMARTS) is 1. The molecule has 0 radical (unpaired) electrons. The molecule has 0 aliphatic rings. The van der Waals surface area contributed by atoms with Gasteiger partial charge < -0.3 is 14.6 Å². The van der Waals surface area contributed by atoms with Gasteiger partial charge >= 0.3 is 5.97 Å². The second kappa shape index (κ2) is 9.14. The molecule has 0 aromatic heterocycles. The van der Waals surface area contributed by atoms with E-state index in [1.54, 1.807) is 55.7 Å². The van der Waals surface area contributed by atoms with Crippen molar-refractivity contribution in [3.63, 3.8) is 0 Å². The molecule has 2 aromatic carbocycles. The van der Waals surface area contributed by atoms with Crippen LogP contribution in [0.4, 0.5) is 0 Å². The van der Waals surface area contributed by atoms with Crippen LogP contribution in [0, 0.1) is 0 Å². The van der Waals surface area contributed by atoms with Crippen molar-refractivity contribution >= 4 is 29.2 Å². The van der Waals surface area contributed by atoms with Crippen molar-refractivity contribution in [3.8, 4) is 11.5 Å². The van der Waals surface area contributed by atoms with Crippen LogP contribution < -0.4 is 9.47 Å². The summed E-state index contributed by atoms with van der Waals surface area (Å²) in [5, 5.41) is 10.1. The Morgan fingerprint density at radius 3 is 2.52 bits per heavy atom. The fourth-order valence-corrected chi connectivity index (χ4v) is 2.47. The van der Waals surface area contributed by atoms with Crippen molar-refractivity contribution in [2.75, 3.05) is 13.7 Å². The van der Waals surface area contributed by atoms with Crippen LogP contribution in [-0.2, 0) is 4.79 Å². The summed E-state index contributed by atoms with van der Waals surface area (Å²) in [6, 6.07) is 12.1. The summed E-state index contributed by atoms with van der Waals surface area (Å²) in [7, 11) is 1.56. The maximum atomic E-state index is 11.7. The number of ether oxygens (including phenoxy) is 2. The molecule has 0 aliphatic carbocycles. The van der Waals surface area contributed by atoms with Gasteiger partial charge in [0.25, 0.3) is 0 Å². The van der Waals surface area contributed by atoms with E-state index in [4.69, 9.17) is 21.1 Å². The van der Waals surface area contributed by atoms with E-state index in [1.807, 2.05) is 0 Å². The van der Waals surface area contributed by atoms with E-state index in [0.717, 1.165) is 12.8 Å². The molecular weight excluding hydrogens is 340 g/mol. The first kappa shape index (κ1) is 18.9. The van der Waals surface area contributed by atoms with Crippen LogP contribution in [0.5, 0.6) is 11.5 Å². The number of unbranched alkanes of at least 4 members (excludes halogenated alkanes) is 1. The summed E-state index contributed by atoms with van der Waals surface area (Å²) in [5.41, 5.74) is 1.37. The Kier molecular flexibility index (Phi) is 6.90. The molecule has 5 heteroatoms. The maximum absolute atomic E-state index is 11.7. The van der Waals surface area contributed by atoms with Gasteiger partial charge in [0.1, 0.15) is 11.5 Å². The highest BCUT2D eigenvalue weighted by atomic mass is 35.5. The number of carbonyl (C=O) groups is 1. The number of methoxy groups -OCH3 is 1. The minimum absolute atomic E-state index is 0.158. The van der Waals surface area contributed by atoms with Gasteiger partial charge in [0.15, 0.2) is 0 Å². The van der Waals surface area contributed by atoms with E-state index in [0.29, 0.717) is 34.3 Å². The van der Waals surface area contributed by atoms with Crippen molar-refractivity contribution in [1.82, 2.24) is 0 Å². The van der Waals surface area contributed by atoms with E-state index < -0.39 is 5.97 Å². The monoisotopic (exact) mass is 360 g/mol. The lowest BCUT2D eigenvalue weighted by Gasteiger charge is -2.11. The number of rotatable bonds is 8. The number of halogens is 1. The summed E-state index contributed by atoms with van der Waals surface area (Å²) in [4.78, 5) is 11.7. The summed E-state index contributed by atoms with van der Waals surface area (Å²) in [6.07, 6.45) is 3.53. The summed E-state index contributed by atoms with van der Waals surface area (Å²) >= 11 is 6.08. The number of hydrogen-bond donors (Lipinski definition) is 1. The molecule has 0 amide bonds. The standard InChI is InChI=1S/C20H21ClO4/c1-3-4-11-25-19-10-7-16(21)12-15(19)13-18(20(22)23)14-5-8-17(24-2)9-6-14/h5-10,12-13H,3-4,11H2,1-2H3,(H,22,23)/b18-13-. The first-order valence-electron chi connectivity index (χ1n) is 8.07. The van der Waals surface area contributed by atoms with Gasteiger partial charge in [0.2, 0.25) is 0 Å². The quantitative estimate of drug-likeness (QED) is 0.401. The number of aliphatic carboxylic acids is 1. The second-order valence-electron chi connectivity index (χ2n) is 5.48. The van der Waals surface area contributed by atoms with E-state index in [9.17, 15) is 9.90 Å². The molecule has 0 bridgehead atoms. The maximum Gasteiger partial charge on any atom is 0.336 e. The van der Waals surface area contributed by atoms with Crippen molar-refractivity contribution in [2.45, 2.75) is 19.8 Å². The topological polar surface area (TPSA) is 55.8 Å². The molecule has 25 heavy (non-hydrogen) atoms. The van der Waals surface area contributed by atoms with Crippen LogP contribution in [-0.4, -0.2) is 24.8 Å². The average Bonchev–Trinajstić information content (AvgIpc) is 2.61. The van der Waals surface area contributed by atoms with Gasteiger partial charge in [-0.2, -0.15) is 0 Å². The zero-order valence-corrected chi connectivity index (χ0v) is 15.0. The van der Waals surface area contributed by atoms with Crippen molar-refractivity contribution in [1.29, 1.82) is 0 Å². The molecule has 0 saturated heterocycles. The summed E-state index contributed by atoms with van der Waals surface area (Å²) < 4.78 is 10.9. The van der Waals surface area contributed by atoms with Crippen LogP contribution in [0.1, 0.15) is 30.9 Å². The third kappa shape index (κ3) is 5.26. The molecule has 2 rings (SSSR count). The third-order valence-corrected chi connectivity index (χ3v) is 3.89. The molecule has 0 aliphatic heterocycles. The first-order valence-corrected chi connectivity index (χ1v) is 8.44. The Hall–Kier alpha value is -2.46. The first-order chi connectivity index (χ1) is 12.0. The Balaban J connectivity index is 2.41. The molecule has 1 N–H and O–H groups in total. The van der Waals surface area contributed by atoms with Gasteiger partial charge in [-0.05, 0) is 48.4 Å². The summed E-state index contributed by atoms with van der Waals surface area (Å²) in [6.45, 7) is 2.65. The lowest BCUT2D eigenvalue weighted by molar-refractivity contribution is -0.130. The smallest absolute Gasteiger partial charge is 0.336 e. The Labute approximate surface area is 152 Å². The van der Waals surface area contributed by atoms with Crippen molar-refractivity contribution in [3.05, 3.63) is 58.6 Å². The zero-order valence-electron chi connectivity index (χ0n) is 14.3. The minimum Gasteiger partial charge on any atom is -0.497 e. The predicted octanol–water partition coefficient (Wildman–Crippen LogP) is 5.15. The molecule has 0 unspecified atom stereocenters. The van der Waals surface area contributed by atoms with E-state index in [1.165, 1.54) is 0 Å². The molecule has 0 spiro atoms. The molecule has 4 nitrogen and oxygen atoms in total. The molecule has 132 valence electrons. The highest BCUT2D eigenvalue weighted by molar-refractivity contribution is 6.31. The molecule has 0 heterocycles. The lowest BCUT2D eigenvalue weighted by Crippen LogP contribution is -2.01. The van der Waals surface area contributed by atoms with Crippen molar-refractivity contribution in [2.24, 2.45) is 0 Å². The van der Waals surface area contributed by atoms with Gasteiger partial charge in [0.05, 0.1) is 19.3 Å². The SMILES string of the molecule is CCCCOc1ccc(Cl)cc1/C=C(\C(=O)O)c1ccc(OC)cc1. The average molecular weight is 361 g/mol. The van der Waals surface area contributed by atoms with Gasteiger partial charge in [-0.3, -0.25) is 0 Å². The van der Waals surface area contributed by atoms with Crippen LogP contribution >= 0.6 is 11.6 Å². The Bertz CT molecular complexity index is 751. The highest BCUT2D eigenvalue weighted by Gasteiger charge is 2.13. The van der Waals surface area contributed by atoms with Crippen LogP contribution in [0.2, 0.25) is 5.02 Å². The minimum atomic E-state index is -1.02. The second-order valence-corrected chi connectivity index (χ2v) is 5.91. The van der Waals surface area contributed by atoms with E-state index in [-0.39, 0.29) is 5.57 Å². The fourth-order valence-electron chi connectivity index (χ4n) is 2.28. The van der Waals surface area contributed by atoms with Crippen LogP contribution in [0.25, 0.3) is 11.6 Å². The molecule has 2 aromatic rings. The lowest BCUT2D eigenvalue weighted by atomic mass is 10.0. The molecule has 0 saturated carbocycles. The molecule has 0 fully saturated rings. The predicted molar refractivity (Wildman–Crippen MR) is 100 cm³/mol.